The highest BCUT2D eigenvalue weighted by Gasteiger charge is 2.21. The van der Waals surface area contributed by atoms with E-state index in [-0.39, 0.29) is 0 Å². The van der Waals surface area contributed by atoms with Crippen molar-refractivity contribution in [2.24, 2.45) is 5.73 Å². The molecule has 1 saturated carbocycles. The van der Waals surface area contributed by atoms with Crippen molar-refractivity contribution < 1.29 is 8.42 Å². The van der Waals surface area contributed by atoms with E-state index in [0.29, 0.717) is 23.3 Å². The largest absolute Gasteiger partial charge is 0.326 e. The molecule has 0 saturated heterocycles. The second kappa shape index (κ2) is 7.19. The average molecular weight is 332 g/mol. The molecule has 0 aliphatic heterocycles. The van der Waals surface area contributed by atoms with Gasteiger partial charge in [-0.05, 0) is 38.4 Å². The highest BCUT2D eigenvalue weighted by molar-refractivity contribution is 7.91. The zero-order chi connectivity index (χ0) is 15.5. The summed E-state index contributed by atoms with van der Waals surface area (Å²) in [6, 6.07) is 2.32. The van der Waals surface area contributed by atoms with Crippen LogP contribution in [0.25, 0.3) is 0 Å². The van der Waals surface area contributed by atoms with Crippen LogP contribution in [0, 0.1) is 6.92 Å². The Kier molecular flexibility index (Phi) is 5.79. The van der Waals surface area contributed by atoms with Crippen LogP contribution in [0.15, 0.2) is 10.3 Å². The first kappa shape index (κ1) is 16.9. The van der Waals surface area contributed by atoms with Crippen molar-refractivity contribution in [3.8, 4) is 0 Å². The van der Waals surface area contributed by atoms with E-state index >= 15 is 0 Å². The highest BCUT2D eigenvalue weighted by Crippen LogP contribution is 2.25. The molecule has 1 heterocycles. The Morgan fingerprint density at radius 1 is 1.43 bits per heavy atom. The Morgan fingerprint density at radius 3 is 2.67 bits per heavy atom. The van der Waals surface area contributed by atoms with Crippen LogP contribution in [0.5, 0.6) is 0 Å². The Bertz CT molecular complexity index is 563. The maximum absolute atomic E-state index is 12.3. The van der Waals surface area contributed by atoms with Crippen LogP contribution in [0.2, 0.25) is 0 Å². The standard InChI is InChI=1S/C14H25N3O2S2/c1-11-9-14(20-13(11)10-15)21(18,19)16-7-8-17(2)12-5-3-4-6-12/h9,12,16H,3-8,10,15H2,1-2H3. The third kappa shape index (κ3) is 4.26. The van der Waals surface area contributed by atoms with E-state index in [1.165, 1.54) is 37.0 Å². The lowest BCUT2D eigenvalue weighted by atomic mass is 10.2. The van der Waals surface area contributed by atoms with Crippen LogP contribution < -0.4 is 10.5 Å². The first-order chi connectivity index (χ1) is 9.94. The number of thiophene rings is 1. The van der Waals surface area contributed by atoms with Crippen molar-refractivity contribution in [3.05, 3.63) is 16.5 Å². The molecule has 0 amide bonds. The molecule has 0 bridgehead atoms. The molecule has 3 N–H and O–H groups in total. The van der Waals surface area contributed by atoms with Crippen molar-refractivity contribution >= 4 is 21.4 Å². The first-order valence-electron chi connectivity index (χ1n) is 7.43. The predicted molar refractivity (Wildman–Crippen MR) is 87.0 cm³/mol. The number of rotatable bonds is 7. The van der Waals surface area contributed by atoms with Gasteiger partial charge in [-0.2, -0.15) is 0 Å². The molecule has 7 heteroatoms. The van der Waals surface area contributed by atoms with Gasteiger partial charge in [-0.1, -0.05) is 12.8 Å². The summed E-state index contributed by atoms with van der Waals surface area (Å²) in [5.41, 5.74) is 6.56. The quantitative estimate of drug-likeness (QED) is 0.797. The molecular weight excluding hydrogens is 306 g/mol. The van der Waals surface area contributed by atoms with Crippen molar-refractivity contribution in [2.75, 3.05) is 20.1 Å². The fourth-order valence-electron chi connectivity index (χ4n) is 2.78. The van der Waals surface area contributed by atoms with Crippen LogP contribution >= 0.6 is 11.3 Å². The molecule has 1 fully saturated rings. The molecular formula is C14H25N3O2S2. The van der Waals surface area contributed by atoms with E-state index in [1.807, 2.05) is 6.92 Å². The van der Waals surface area contributed by atoms with Crippen molar-refractivity contribution in [1.29, 1.82) is 0 Å². The minimum Gasteiger partial charge on any atom is -0.326 e. The molecule has 1 aliphatic carbocycles. The van der Waals surface area contributed by atoms with E-state index in [0.717, 1.165) is 17.0 Å². The highest BCUT2D eigenvalue weighted by atomic mass is 32.2. The molecule has 0 atom stereocenters. The van der Waals surface area contributed by atoms with E-state index in [1.54, 1.807) is 6.07 Å². The molecule has 2 rings (SSSR count). The molecule has 0 aromatic carbocycles. The number of hydrogen-bond acceptors (Lipinski definition) is 5. The smallest absolute Gasteiger partial charge is 0.250 e. The van der Waals surface area contributed by atoms with Crippen molar-refractivity contribution in [2.45, 2.75) is 49.4 Å². The van der Waals surface area contributed by atoms with Gasteiger partial charge in [0.2, 0.25) is 10.0 Å². The van der Waals surface area contributed by atoms with E-state index in [9.17, 15) is 8.42 Å². The van der Waals surface area contributed by atoms with Gasteiger partial charge in [0.1, 0.15) is 4.21 Å². The topological polar surface area (TPSA) is 75.4 Å². The third-order valence-corrected chi connectivity index (χ3v) is 7.35. The number of nitrogens with two attached hydrogens (primary N) is 1. The monoisotopic (exact) mass is 331 g/mol. The minimum atomic E-state index is -3.40. The van der Waals surface area contributed by atoms with E-state index < -0.39 is 10.0 Å². The van der Waals surface area contributed by atoms with Crippen LogP contribution in [0.3, 0.4) is 0 Å². The average Bonchev–Trinajstić information content (AvgIpc) is 3.07. The van der Waals surface area contributed by atoms with E-state index in [2.05, 4.69) is 16.7 Å². The number of nitrogens with one attached hydrogen (secondary N) is 1. The molecule has 1 aliphatic rings. The van der Waals surface area contributed by atoms with E-state index in [4.69, 9.17) is 5.73 Å². The number of hydrogen-bond donors (Lipinski definition) is 2. The summed E-state index contributed by atoms with van der Waals surface area (Å²) in [6.45, 7) is 3.48. The second-order valence-corrected chi connectivity index (χ2v) is 8.82. The summed E-state index contributed by atoms with van der Waals surface area (Å²) >= 11 is 1.26. The lowest BCUT2D eigenvalue weighted by Crippen LogP contribution is -2.37. The number of nitrogens with zero attached hydrogens (tertiary/aromatic N) is 1. The summed E-state index contributed by atoms with van der Waals surface area (Å²) in [7, 11) is -1.33. The molecule has 5 nitrogen and oxygen atoms in total. The first-order valence-corrected chi connectivity index (χ1v) is 9.73. The summed E-state index contributed by atoms with van der Waals surface area (Å²) in [4.78, 5) is 3.19. The Morgan fingerprint density at radius 2 is 2.10 bits per heavy atom. The van der Waals surface area contributed by atoms with Gasteiger partial charge in [0, 0.05) is 30.6 Å². The zero-order valence-electron chi connectivity index (χ0n) is 12.8. The maximum atomic E-state index is 12.3. The Hall–Kier alpha value is -0.470. The normalized spacial score (nSPS) is 17.0. The van der Waals surface area contributed by atoms with Crippen LogP contribution in [-0.4, -0.2) is 39.5 Å². The van der Waals surface area contributed by atoms with Crippen molar-refractivity contribution in [3.63, 3.8) is 0 Å². The molecule has 0 unspecified atom stereocenters. The second-order valence-electron chi connectivity index (χ2n) is 5.69. The molecule has 1 aromatic rings. The number of likely N-dealkylation sites (N-methyl/N-ethyl adjacent to an activating group) is 1. The van der Waals surface area contributed by atoms with Crippen LogP contribution in [-0.2, 0) is 16.6 Å². The summed E-state index contributed by atoms with van der Waals surface area (Å²) < 4.78 is 27.6. The fraction of sp³-hybridized carbons (Fsp3) is 0.714. The molecule has 0 spiro atoms. The number of sulfonamides is 1. The summed E-state index contributed by atoms with van der Waals surface area (Å²) in [5.74, 6) is 0. The van der Waals surface area contributed by atoms with Gasteiger partial charge in [0.15, 0.2) is 0 Å². The molecule has 21 heavy (non-hydrogen) atoms. The summed E-state index contributed by atoms with van der Waals surface area (Å²) in [5, 5.41) is 0. The Labute approximate surface area is 131 Å². The minimum absolute atomic E-state index is 0.365. The fourth-order valence-corrected chi connectivity index (χ4v) is 5.31. The molecule has 120 valence electrons. The third-order valence-electron chi connectivity index (χ3n) is 4.15. The van der Waals surface area contributed by atoms with Gasteiger partial charge in [-0.15, -0.1) is 11.3 Å². The lowest BCUT2D eigenvalue weighted by Gasteiger charge is -2.23. The lowest BCUT2D eigenvalue weighted by molar-refractivity contribution is 0.250. The van der Waals surface area contributed by atoms with Crippen LogP contribution in [0.1, 0.15) is 36.1 Å². The predicted octanol–water partition coefficient (Wildman–Crippen LogP) is 1.67. The zero-order valence-corrected chi connectivity index (χ0v) is 14.4. The van der Waals surface area contributed by atoms with Gasteiger partial charge < -0.3 is 10.6 Å². The molecule has 1 aromatic heterocycles. The van der Waals surface area contributed by atoms with Gasteiger partial charge in [0.05, 0.1) is 0 Å². The van der Waals surface area contributed by atoms with Gasteiger partial charge >= 0.3 is 0 Å². The Balaban J connectivity index is 1.88. The van der Waals surface area contributed by atoms with Crippen LogP contribution in [0.4, 0.5) is 0 Å². The van der Waals surface area contributed by atoms with Gasteiger partial charge in [0.25, 0.3) is 0 Å². The summed E-state index contributed by atoms with van der Waals surface area (Å²) in [6.07, 6.45) is 5.04. The SMILES string of the molecule is Cc1cc(S(=O)(=O)NCCN(C)C2CCCC2)sc1CN. The molecule has 0 radical (unpaired) electrons. The number of aryl methyl sites for hydroxylation is 1. The van der Waals surface area contributed by atoms with Gasteiger partial charge in [-0.3, -0.25) is 0 Å². The van der Waals surface area contributed by atoms with Crippen molar-refractivity contribution in [1.82, 2.24) is 9.62 Å². The maximum Gasteiger partial charge on any atom is 0.250 e. The van der Waals surface area contributed by atoms with Gasteiger partial charge in [-0.25, -0.2) is 13.1 Å².